The molecule has 0 bridgehead atoms. The van der Waals surface area contributed by atoms with Crippen LogP contribution in [0.1, 0.15) is 60.8 Å². The Hall–Kier alpha value is -2.23. The van der Waals surface area contributed by atoms with Crippen LogP contribution in [0.2, 0.25) is 0 Å². The second kappa shape index (κ2) is 5.40. The van der Waals surface area contributed by atoms with E-state index in [2.05, 4.69) is 53.4 Å². The summed E-state index contributed by atoms with van der Waals surface area (Å²) in [4.78, 5) is 21.1. The van der Waals surface area contributed by atoms with E-state index in [1.807, 2.05) is 6.07 Å². The first-order valence-corrected chi connectivity index (χ1v) is 8.68. The lowest BCUT2D eigenvalue weighted by molar-refractivity contribution is 0.0947. The molecular formula is C20H23N3O. The van der Waals surface area contributed by atoms with Crippen molar-refractivity contribution in [3.63, 3.8) is 0 Å². The third-order valence-corrected chi connectivity index (χ3v) is 5.67. The Bertz CT molecular complexity index is 750. The van der Waals surface area contributed by atoms with E-state index in [1.54, 1.807) is 12.4 Å². The van der Waals surface area contributed by atoms with E-state index in [1.165, 1.54) is 18.4 Å². The molecule has 4 nitrogen and oxygen atoms in total. The number of nitrogens with one attached hydrogen (secondary N) is 1. The monoisotopic (exact) mass is 321 g/mol. The van der Waals surface area contributed by atoms with Gasteiger partial charge in [-0.25, -0.2) is 9.97 Å². The first-order chi connectivity index (χ1) is 11.5. The maximum atomic E-state index is 12.5. The average molecular weight is 321 g/mol. The fraction of sp³-hybridized carbons (Fsp3) is 0.450. The van der Waals surface area contributed by atoms with Crippen molar-refractivity contribution >= 4 is 5.91 Å². The van der Waals surface area contributed by atoms with Crippen LogP contribution >= 0.6 is 0 Å². The molecule has 1 aromatic carbocycles. The maximum absolute atomic E-state index is 12.5. The molecule has 1 unspecified atom stereocenters. The van der Waals surface area contributed by atoms with E-state index in [0.29, 0.717) is 18.0 Å². The van der Waals surface area contributed by atoms with Crippen molar-refractivity contribution in [1.29, 1.82) is 0 Å². The highest BCUT2D eigenvalue weighted by Crippen LogP contribution is 2.63. The second-order valence-corrected chi connectivity index (χ2v) is 7.80. The van der Waals surface area contributed by atoms with Gasteiger partial charge in [0.05, 0.1) is 5.56 Å². The van der Waals surface area contributed by atoms with Crippen molar-refractivity contribution in [3.05, 3.63) is 59.7 Å². The van der Waals surface area contributed by atoms with Gasteiger partial charge in [0, 0.05) is 30.3 Å². The molecule has 1 aromatic heterocycles. The van der Waals surface area contributed by atoms with Crippen LogP contribution in [0.25, 0.3) is 0 Å². The van der Waals surface area contributed by atoms with Crippen LogP contribution < -0.4 is 5.32 Å². The van der Waals surface area contributed by atoms with E-state index in [4.69, 9.17) is 0 Å². The summed E-state index contributed by atoms with van der Waals surface area (Å²) in [6.45, 7) is 5.17. The van der Waals surface area contributed by atoms with E-state index in [9.17, 15) is 4.79 Å². The number of rotatable bonds is 5. The summed E-state index contributed by atoms with van der Waals surface area (Å²) in [6, 6.07) is 10.5. The molecule has 2 aromatic rings. The van der Waals surface area contributed by atoms with Crippen molar-refractivity contribution in [2.24, 2.45) is 5.41 Å². The fourth-order valence-electron chi connectivity index (χ4n) is 3.70. The van der Waals surface area contributed by atoms with Crippen LogP contribution in [0.5, 0.6) is 0 Å². The van der Waals surface area contributed by atoms with Gasteiger partial charge in [-0.2, -0.15) is 0 Å². The molecule has 1 N–H and O–H groups in total. The molecular weight excluding hydrogens is 298 g/mol. The Morgan fingerprint density at radius 2 is 1.79 bits per heavy atom. The Balaban J connectivity index is 1.46. The Morgan fingerprint density at radius 1 is 1.17 bits per heavy atom. The highest BCUT2D eigenvalue weighted by molar-refractivity contribution is 5.93. The standard InChI is InChI=1S/C20H23N3O/c1-19(2)12-20(19,16-6-4-3-5-7-16)13-23-18(24)15-10-21-17(22-11-15)14-8-9-14/h3-7,10-11,14H,8-9,12-13H2,1-2H3,(H,23,24). The third-order valence-electron chi connectivity index (χ3n) is 5.67. The largest absolute Gasteiger partial charge is 0.351 e. The van der Waals surface area contributed by atoms with Crippen molar-refractivity contribution in [3.8, 4) is 0 Å². The SMILES string of the molecule is CC1(C)CC1(CNC(=O)c1cnc(C2CC2)nc1)c1ccccc1. The van der Waals surface area contributed by atoms with Crippen molar-refractivity contribution in [2.45, 2.75) is 44.4 Å². The minimum Gasteiger partial charge on any atom is -0.351 e. The minimum atomic E-state index is -0.0876. The number of carbonyl (C=O) groups is 1. The van der Waals surface area contributed by atoms with Gasteiger partial charge in [-0.15, -0.1) is 0 Å². The number of hydrogen-bond donors (Lipinski definition) is 1. The second-order valence-electron chi connectivity index (χ2n) is 7.80. The number of aromatic nitrogens is 2. The molecule has 4 heteroatoms. The predicted octanol–water partition coefficient (Wildman–Crippen LogP) is 3.45. The summed E-state index contributed by atoms with van der Waals surface area (Å²) in [6.07, 6.45) is 6.73. The summed E-state index contributed by atoms with van der Waals surface area (Å²) in [5, 5.41) is 3.10. The van der Waals surface area contributed by atoms with Gasteiger partial charge in [-0.05, 0) is 30.2 Å². The molecule has 24 heavy (non-hydrogen) atoms. The van der Waals surface area contributed by atoms with Gasteiger partial charge in [0.2, 0.25) is 0 Å². The molecule has 0 spiro atoms. The van der Waals surface area contributed by atoms with Crippen molar-refractivity contribution in [2.75, 3.05) is 6.54 Å². The first-order valence-electron chi connectivity index (χ1n) is 8.68. The molecule has 4 rings (SSSR count). The van der Waals surface area contributed by atoms with Crippen molar-refractivity contribution < 1.29 is 4.79 Å². The summed E-state index contributed by atoms with van der Waals surface area (Å²) >= 11 is 0. The average Bonchev–Trinajstić information content (AvgIpc) is 3.51. The van der Waals surface area contributed by atoms with Crippen LogP contribution in [-0.4, -0.2) is 22.4 Å². The molecule has 0 saturated heterocycles. The highest BCUT2D eigenvalue weighted by atomic mass is 16.1. The smallest absolute Gasteiger partial charge is 0.254 e. The normalized spacial score (nSPS) is 24.4. The predicted molar refractivity (Wildman–Crippen MR) is 92.9 cm³/mol. The van der Waals surface area contributed by atoms with Crippen LogP contribution in [0.3, 0.4) is 0 Å². The zero-order valence-corrected chi connectivity index (χ0v) is 14.2. The van der Waals surface area contributed by atoms with Gasteiger partial charge in [0.1, 0.15) is 5.82 Å². The van der Waals surface area contributed by atoms with Gasteiger partial charge in [-0.1, -0.05) is 44.2 Å². The molecule has 0 aliphatic heterocycles. The van der Waals surface area contributed by atoms with Gasteiger partial charge >= 0.3 is 0 Å². The van der Waals surface area contributed by atoms with E-state index in [-0.39, 0.29) is 16.7 Å². The number of benzene rings is 1. The van der Waals surface area contributed by atoms with Gasteiger partial charge in [0.15, 0.2) is 0 Å². The first kappa shape index (κ1) is 15.3. The van der Waals surface area contributed by atoms with E-state index >= 15 is 0 Å². The molecule has 2 aliphatic rings. The number of carbonyl (C=O) groups excluding carboxylic acids is 1. The fourth-order valence-corrected chi connectivity index (χ4v) is 3.70. The van der Waals surface area contributed by atoms with Gasteiger partial charge in [-0.3, -0.25) is 4.79 Å². The van der Waals surface area contributed by atoms with Crippen molar-refractivity contribution in [1.82, 2.24) is 15.3 Å². The molecule has 1 atom stereocenters. The van der Waals surface area contributed by atoms with Crippen LogP contribution in [-0.2, 0) is 5.41 Å². The van der Waals surface area contributed by atoms with Crippen LogP contribution in [0.4, 0.5) is 0 Å². The summed E-state index contributed by atoms with van der Waals surface area (Å²) in [5.74, 6) is 1.29. The third kappa shape index (κ3) is 2.60. The lowest BCUT2D eigenvalue weighted by Crippen LogP contribution is -2.35. The Labute approximate surface area is 142 Å². The Kier molecular flexibility index (Phi) is 3.44. The Morgan fingerprint density at radius 3 is 2.33 bits per heavy atom. The molecule has 2 aliphatic carbocycles. The molecule has 0 radical (unpaired) electrons. The summed E-state index contributed by atoms with van der Waals surface area (Å²) in [5.41, 5.74) is 2.07. The lowest BCUT2D eigenvalue weighted by atomic mass is 9.88. The summed E-state index contributed by atoms with van der Waals surface area (Å²) < 4.78 is 0. The zero-order valence-electron chi connectivity index (χ0n) is 14.2. The zero-order chi connectivity index (χ0) is 16.8. The van der Waals surface area contributed by atoms with Crippen LogP contribution in [0, 0.1) is 5.41 Å². The van der Waals surface area contributed by atoms with E-state index < -0.39 is 0 Å². The topological polar surface area (TPSA) is 54.9 Å². The molecule has 2 saturated carbocycles. The molecule has 1 amide bonds. The highest BCUT2D eigenvalue weighted by Gasteiger charge is 2.61. The minimum absolute atomic E-state index is 0.0265. The number of amides is 1. The molecule has 1 heterocycles. The van der Waals surface area contributed by atoms with Gasteiger partial charge in [0.25, 0.3) is 5.91 Å². The quantitative estimate of drug-likeness (QED) is 0.917. The molecule has 2 fully saturated rings. The lowest BCUT2D eigenvalue weighted by Gasteiger charge is -2.22. The summed E-state index contributed by atoms with van der Waals surface area (Å²) in [7, 11) is 0. The molecule has 124 valence electrons. The van der Waals surface area contributed by atoms with Gasteiger partial charge < -0.3 is 5.32 Å². The maximum Gasteiger partial charge on any atom is 0.254 e. The number of hydrogen-bond acceptors (Lipinski definition) is 3. The number of nitrogens with zero attached hydrogens (tertiary/aromatic N) is 2. The van der Waals surface area contributed by atoms with E-state index in [0.717, 1.165) is 12.2 Å². The van der Waals surface area contributed by atoms with Crippen LogP contribution in [0.15, 0.2) is 42.7 Å².